The first-order chi connectivity index (χ1) is 8.75. The maximum atomic E-state index is 12.6. The minimum absolute atomic E-state index is 0.0668. The van der Waals surface area contributed by atoms with Crippen LogP contribution >= 0.6 is 23.2 Å². The lowest BCUT2D eigenvalue weighted by atomic mass is 10.1. The van der Waals surface area contributed by atoms with E-state index in [-0.39, 0.29) is 16.8 Å². The maximum absolute atomic E-state index is 12.6. The van der Waals surface area contributed by atoms with Gasteiger partial charge >= 0.3 is 0 Å². The maximum Gasteiger partial charge on any atom is 0.243 e. The van der Waals surface area contributed by atoms with Gasteiger partial charge in [0.15, 0.2) is 0 Å². The molecule has 6 heteroatoms. The number of sulfonamides is 1. The van der Waals surface area contributed by atoms with Crippen molar-refractivity contribution in [3.05, 3.63) is 28.3 Å². The fraction of sp³-hybridized carbons (Fsp3) is 0.538. The highest BCUT2D eigenvalue weighted by molar-refractivity contribution is 7.89. The molecule has 19 heavy (non-hydrogen) atoms. The van der Waals surface area contributed by atoms with E-state index in [2.05, 4.69) is 0 Å². The largest absolute Gasteiger partial charge is 0.243 e. The SMILES string of the molecule is CCC(C)N(C)S(=O)(=O)c1cc(Cl)cc(CCl)c1C. The van der Waals surface area contributed by atoms with Crippen molar-refractivity contribution >= 4 is 33.2 Å². The lowest BCUT2D eigenvalue weighted by Crippen LogP contribution is -2.35. The molecule has 0 amide bonds. The van der Waals surface area contributed by atoms with Crippen LogP contribution in [0.25, 0.3) is 0 Å². The third kappa shape index (κ3) is 3.43. The molecule has 0 radical (unpaired) electrons. The molecule has 0 aromatic heterocycles. The van der Waals surface area contributed by atoms with Crippen LogP contribution in [0.4, 0.5) is 0 Å². The van der Waals surface area contributed by atoms with Crippen molar-refractivity contribution in [1.29, 1.82) is 0 Å². The highest BCUT2D eigenvalue weighted by atomic mass is 35.5. The van der Waals surface area contributed by atoms with E-state index in [9.17, 15) is 8.42 Å². The summed E-state index contributed by atoms with van der Waals surface area (Å²) >= 11 is 11.8. The van der Waals surface area contributed by atoms with E-state index in [1.807, 2.05) is 13.8 Å². The van der Waals surface area contributed by atoms with Crippen molar-refractivity contribution in [1.82, 2.24) is 4.31 Å². The van der Waals surface area contributed by atoms with Gasteiger partial charge in [0.1, 0.15) is 0 Å². The van der Waals surface area contributed by atoms with Crippen LogP contribution in [0.2, 0.25) is 5.02 Å². The van der Waals surface area contributed by atoms with Gasteiger partial charge < -0.3 is 0 Å². The number of hydrogen-bond donors (Lipinski definition) is 0. The van der Waals surface area contributed by atoms with E-state index in [1.165, 1.54) is 10.4 Å². The van der Waals surface area contributed by atoms with Crippen LogP contribution < -0.4 is 0 Å². The Labute approximate surface area is 125 Å². The predicted molar refractivity (Wildman–Crippen MR) is 80.4 cm³/mol. The van der Waals surface area contributed by atoms with Gasteiger partial charge in [0.2, 0.25) is 10.0 Å². The summed E-state index contributed by atoms with van der Waals surface area (Å²) in [4.78, 5) is 0.235. The Morgan fingerprint density at radius 3 is 2.42 bits per heavy atom. The summed E-state index contributed by atoms with van der Waals surface area (Å²) in [6, 6.07) is 3.12. The second-order valence-corrected chi connectivity index (χ2v) is 7.27. The van der Waals surface area contributed by atoms with Gasteiger partial charge in [-0.3, -0.25) is 0 Å². The molecule has 1 aromatic rings. The summed E-state index contributed by atoms with van der Waals surface area (Å²) in [5, 5.41) is 0.386. The van der Waals surface area contributed by atoms with E-state index < -0.39 is 10.0 Å². The van der Waals surface area contributed by atoms with Crippen molar-refractivity contribution < 1.29 is 8.42 Å². The number of alkyl halides is 1. The van der Waals surface area contributed by atoms with Crippen LogP contribution in [0.15, 0.2) is 17.0 Å². The highest BCUT2D eigenvalue weighted by Crippen LogP contribution is 2.28. The van der Waals surface area contributed by atoms with E-state index in [0.29, 0.717) is 10.6 Å². The standard InChI is InChI=1S/C13H19Cl2NO2S/c1-5-9(2)16(4)19(17,18)13-7-12(15)6-11(8-14)10(13)3/h6-7,9H,5,8H2,1-4H3. The number of benzene rings is 1. The Hall–Kier alpha value is -0.290. The third-order valence-corrected chi connectivity index (χ3v) is 6.05. The molecule has 0 saturated heterocycles. The number of hydrogen-bond acceptors (Lipinski definition) is 2. The van der Waals surface area contributed by atoms with Gasteiger partial charge in [0.05, 0.1) is 4.90 Å². The molecule has 0 N–H and O–H groups in total. The molecule has 108 valence electrons. The van der Waals surface area contributed by atoms with Crippen molar-refractivity contribution in [2.45, 2.75) is 44.0 Å². The van der Waals surface area contributed by atoms with Crippen LogP contribution in [-0.4, -0.2) is 25.8 Å². The fourth-order valence-electron chi connectivity index (χ4n) is 1.76. The molecule has 1 atom stereocenters. The molecular formula is C13H19Cl2NO2S. The topological polar surface area (TPSA) is 37.4 Å². The molecule has 1 rings (SSSR count). The first kappa shape index (κ1) is 16.8. The minimum Gasteiger partial charge on any atom is -0.207 e. The second kappa shape index (κ2) is 6.44. The zero-order valence-corrected chi connectivity index (χ0v) is 13.9. The molecule has 0 aliphatic carbocycles. The van der Waals surface area contributed by atoms with Gasteiger partial charge in [-0.2, -0.15) is 4.31 Å². The van der Waals surface area contributed by atoms with Crippen LogP contribution in [0, 0.1) is 6.92 Å². The quantitative estimate of drug-likeness (QED) is 0.773. The highest BCUT2D eigenvalue weighted by Gasteiger charge is 2.27. The van der Waals surface area contributed by atoms with Crippen LogP contribution in [-0.2, 0) is 15.9 Å². The van der Waals surface area contributed by atoms with Gasteiger partial charge in [0.25, 0.3) is 0 Å². The van der Waals surface area contributed by atoms with E-state index in [4.69, 9.17) is 23.2 Å². The molecule has 3 nitrogen and oxygen atoms in total. The van der Waals surface area contributed by atoms with E-state index in [0.717, 1.165) is 12.0 Å². The lowest BCUT2D eigenvalue weighted by molar-refractivity contribution is 0.380. The van der Waals surface area contributed by atoms with E-state index >= 15 is 0 Å². The molecule has 0 aliphatic rings. The third-order valence-electron chi connectivity index (χ3n) is 3.44. The van der Waals surface area contributed by atoms with Crippen molar-refractivity contribution in [2.24, 2.45) is 0 Å². The van der Waals surface area contributed by atoms with Crippen molar-refractivity contribution in [3.8, 4) is 0 Å². The summed E-state index contributed by atoms with van der Waals surface area (Å²) in [5.41, 5.74) is 1.40. The van der Waals surface area contributed by atoms with Crippen molar-refractivity contribution in [2.75, 3.05) is 7.05 Å². The molecule has 0 spiro atoms. The molecule has 0 saturated carbocycles. The molecule has 1 unspecified atom stereocenters. The normalized spacial score (nSPS) is 13.8. The number of nitrogens with zero attached hydrogens (tertiary/aromatic N) is 1. The average Bonchev–Trinajstić information content (AvgIpc) is 2.38. The molecule has 0 aliphatic heterocycles. The Balaban J connectivity index is 3.41. The summed E-state index contributed by atoms with van der Waals surface area (Å²) in [6.07, 6.45) is 0.748. The first-order valence-corrected chi connectivity index (χ1v) is 8.44. The fourth-order valence-corrected chi connectivity index (χ4v) is 4.07. The molecule has 0 fully saturated rings. The average molecular weight is 324 g/mol. The van der Waals surface area contributed by atoms with Gasteiger partial charge in [-0.25, -0.2) is 8.42 Å². The number of rotatable bonds is 5. The van der Waals surface area contributed by atoms with Crippen LogP contribution in [0.3, 0.4) is 0 Å². The Bertz CT molecular complexity index is 558. The van der Waals surface area contributed by atoms with Crippen LogP contribution in [0.1, 0.15) is 31.4 Å². The zero-order chi connectivity index (χ0) is 14.8. The molecule has 0 bridgehead atoms. The minimum atomic E-state index is -3.55. The second-order valence-electron chi connectivity index (χ2n) is 4.60. The number of halogens is 2. The smallest absolute Gasteiger partial charge is 0.207 e. The van der Waals surface area contributed by atoms with Gasteiger partial charge in [0, 0.05) is 24.0 Å². The van der Waals surface area contributed by atoms with Gasteiger partial charge in [-0.1, -0.05) is 18.5 Å². The summed E-state index contributed by atoms with van der Waals surface area (Å²) in [7, 11) is -1.96. The zero-order valence-electron chi connectivity index (χ0n) is 11.6. The lowest BCUT2D eigenvalue weighted by Gasteiger charge is -2.24. The van der Waals surface area contributed by atoms with Crippen molar-refractivity contribution in [3.63, 3.8) is 0 Å². The monoisotopic (exact) mass is 323 g/mol. The van der Waals surface area contributed by atoms with Gasteiger partial charge in [-0.15, -0.1) is 11.6 Å². The Morgan fingerprint density at radius 2 is 1.95 bits per heavy atom. The summed E-state index contributed by atoms with van der Waals surface area (Å²) < 4.78 is 26.6. The van der Waals surface area contributed by atoms with Crippen LogP contribution in [0.5, 0.6) is 0 Å². The molecule has 1 aromatic carbocycles. The molecular weight excluding hydrogens is 305 g/mol. The Kier molecular flexibility index (Phi) is 5.68. The van der Waals surface area contributed by atoms with Gasteiger partial charge in [-0.05, 0) is 43.5 Å². The molecule has 0 heterocycles. The summed E-state index contributed by atoms with van der Waals surface area (Å²) in [5.74, 6) is 0.238. The summed E-state index contributed by atoms with van der Waals surface area (Å²) in [6.45, 7) is 5.58. The first-order valence-electron chi connectivity index (χ1n) is 6.08. The predicted octanol–water partition coefficient (Wildman–Crippen LogP) is 3.81. The Morgan fingerprint density at radius 1 is 1.37 bits per heavy atom. The van der Waals surface area contributed by atoms with E-state index in [1.54, 1.807) is 20.0 Å².